The lowest BCUT2D eigenvalue weighted by atomic mass is 10.1. The highest BCUT2D eigenvalue weighted by molar-refractivity contribution is 5.79. The van der Waals surface area contributed by atoms with Crippen LogP contribution in [0.4, 0.5) is 4.39 Å². The second-order valence-electron chi connectivity index (χ2n) is 6.07. The molecule has 142 valence electrons. The van der Waals surface area contributed by atoms with Crippen molar-refractivity contribution in [3.05, 3.63) is 35.6 Å². The number of nitrogens with one attached hydrogen (secondary N) is 2. The maximum atomic E-state index is 13.1. The fourth-order valence-electron chi connectivity index (χ4n) is 2.46. The average molecular weight is 352 g/mol. The van der Waals surface area contributed by atoms with E-state index in [0.29, 0.717) is 0 Å². The minimum Gasteiger partial charge on any atom is -0.385 e. The second-order valence-corrected chi connectivity index (χ2v) is 6.07. The van der Waals surface area contributed by atoms with Crippen LogP contribution in [0, 0.1) is 5.82 Å². The molecule has 5 nitrogen and oxygen atoms in total. The van der Waals surface area contributed by atoms with E-state index < -0.39 is 0 Å². The SMILES string of the molecule is CCNC(=NCCCc1cccc(F)c1)NCCN(C)CCCOC. The van der Waals surface area contributed by atoms with Gasteiger partial charge in [-0.2, -0.15) is 0 Å². The molecular weight excluding hydrogens is 319 g/mol. The van der Waals surface area contributed by atoms with Gasteiger partial charge in [0.25, 0.3) is 0 Å². The molecule has 0 atom stereocenters. The molecule has 0 spiro atoms. The van der Waals surface area contributed by atoms with Crippen molar-refractivity contribution >= 4 is 5.96 Å². The van der Waals surface area contributed by atoms with Gasteiger partial charge < -0.3 is 20.3 Å². The summed E-state index contributed by atoms with van der Waals surface area (Å²) in [7, 11) is 3.84. The molecule has 0 aliphatic rings. The van der Waals surface area contributed by atoms with Crippen molar-refractivity contribution in [2.75, 3.05) is 53.5 Å². The molecule has 1 rings (SSSR count). The number of benzene rings is 1. The molecule has 0 saturated heterocycles. The van der Waals surface area contributed by atoms with Gasteiger partial charge in [-0.3, -0.25) is 4.99 Å². The lowest BCUT2D eigenvalue weighted by molar-refractivity contribution is 0.180. The van der Waals surface area contributed by atoms with Crippen molar-refractivity contribution < 1.29 is 9.13 Å². The number of rotatable bonds is 12. The van der Waals surface area contributed by atoms with Crippen LogP contribution in [-0.4, -0.2) is 64.3 Å². The van der Waals surface area contributed by atoms with Crippen molar-refractivity contribution in [2.45, 2.75) is 26.2 Å². The Morgan fingerprint density at radius 3 is 2.80 bits per heavy atom. The van der Waals surface area contributed by atoms with Crippen LogP contribution in [0.15, 0.2) is 29.3 Å². The van der Waals surface area contributed by atoms with Crippen LogP contribution >= 0.6 is 0 Å². The fraction of sp³-hybridized carbons (Fsp3) is 0.632. The van der Waals surface area contributed by atoms with E-state index in [-0.39, 0.29) is 5.82 Å². The van der Waals surface area contributed by atoms with E-state index in [1.54, 1.807) is 19.2 Å². The highest BCUT2D eigenvalue weighted by Gasteiger charge is 2.01. The summed E-state index contributed by atoms with van der Waals surface area (Å²) in [5, 5.41) is 6.61. The molecule has 1 aromatic carbocycles. The van der Waals surface area contributed by atoms with Gasteiger partial charge in [-0.05, 0) is 50.9 Å². The first kappa shape index (κ1) is 21.4. The topological polar surface area (TPSA) is 48.9 Å². The summed E-state index contributed by atoms with van der Waals surface area (Å²) in [6.07, 6.45) is 2.78. The normalized spacial score (nSPS) is 11.8. The molecule has 0 aliphatic carbocycles. The molecule has 0 aliphatic heterocycles. The third-order valence-electron chi connectivity index (χ3n) is 3.80. The number of hydrogen-bond acceptors (Lipinski definition) is 3. The van der Waals surface area contributed by atoms with E-state index in [9.17, 15) is 4.39 Å². The smallest absolute Gasteiger partial charge is 0.191 e. The number of aryl methyl sites for hydroxylation is 1. The van der Waals surface area contributed by atoms with Crippen LogP contribution in [0.2, 0.25) is 0 Å². The monoisotopic (exact) mass is 352 g/mol. The first-order chi connectivity index (χ1) is 12.2. The minimum absolute atomic E-state index is 0.175. The zero-order valence-corrected chi connectivity index (χ0v) is 15.9. The van der Waals surface area contributed by atoms with E-state index >= 15 is 0 Å². The summed E-state index contributed by atoms with van der Waals surface area (Å²) in [6.45, 7) is 7.23. The highest BCUT2D eigenvalue weighted by atomic mass is 19.1. The third kappa shape index (κ3) is 10.7. The molecule has 0 fully saturated rings. The minimum atomic E-state index is -0.175. The molecule has 0 unspecified atom stereocenters. The van der Waals surface area contributed by atoms with Gasteiger partial charge in [-0.15, -0.1) is 0 Å². The van der Waals surface area contributed by atoms with Gasteiger partial charge in [-0.1, -0.05) is 12.1 Å². The first-order valence-corrected chi connectivity index (χ1v) is 9.09. The van der Waals surface area contributed by atoms with E-state index in [2.05, 4.69) is 34.5 Å². The summed E-state index contributed by atoms with van der Waals surface area (Å²) in [5.41, 5.74) is 1.02. The average Bonchev–Trinajstić information content (AvgIpc) is 2.59. The second kappa shape index (κ2) is 13.6. The Kier molecular flexibility index (Phi) is 11.6. The molecule has 1 aromatic rings. The van der Waals surface area contributed by atoms with Crippen LogP contribution in [0.25, 0.3) is 0 Å². The maximum absolute atomic E-state index is 13.1. The van der Waals surface area contributed by atoms with E-state index in [4.69, 9.17) is 4.74 Å². The number of aliphatic imine (C=N–C) groups is 1. The molecule has 2 N–H and O–H groups in total. The lowest BCUT2D eigenvalue weighted by Gasteiger charge is -2.18. The van der Waals surface area contributed by atoms with Crippen LogP contribution in [0.5, 0.6) is 0 Å². The Morgan fingerprint density at radius 1 is 1.24 bits per heavy atom. The fourth-order valence-corrected chi connectivity index (χ4v) is 2.46. The lowest BCUT2D eigenvalue weighted by Crippen LogP contribution is -2.41. The predicted octanol–water partition coefficient (Wildman–Crippen LogP) is 2.28. The van der Waals surface area contributed by atoms with Crippen molar-refractivity contribution in [3.63, 3.8) is 0 Å². The van der Waals surface area contributed by atoms with E-state index in [1.807, 2.05) is 6.07 Å². The number of halogens is 1. The van der Waals surface area contributed by atoms with Crippen LogP contribution in [-0.2, 0) is 11.2 Å². The van der Waals surface area contributed by atoms with Gasteiger partial charge in [0.05, 0.1) is 0 Å². The Labute approximate surface area is 151 Å². The van der Waals surface area contributed by atoms with Gasteiger partial charge >= 0.3 is 0 Å². The Bertz CT molecular complexity index is 496. The highest BCUT2D eigenvalue weighted by Crippen LogP contribution is 2.06. The summed E-state index contributed by atoms with van der Waals surface area (Å²) < 4.78 is 18.2. The van der Waals surface area contributed by atoms with Crippen molar-refractivity contribution in [2.24, 2.45) is 4.99 Å². The quantitative estimate of drug-likeness (QED) is 0.344. The Morgan fingerprint density at radius 2 is 2.08 bits per heavy atom. The molecular formula is C19H33FN4O. The summed E-state index contributed by atoms with van der Waals surface area (Å²) in [6, 6.07) is 6.77. The number of guanidine groups is 1. The van der Waals surface area contributed by atoms with Crippen LogP contribution < -0.4 is 10.6 Å². The standard InChI is InChI=1S/C19H33FN4O/c1-4-21-19(23-12-14-24(2)13-7-15-25-3)22-11-6-9-17-8-5-10-18(20)16-17/h5,8,10,16H,4,6-7,9,11-15H2,1-3H3,(H2,21,22,23). The summed E-state index contributed by atoms with van der Waals surface area (Å²) >= 11 is 0. The molecule has 0 heterocycles. The van der Waals surface area contributed by atoms with Gasteiger partial charge in [0.2, 0.25) is 0 Å². The van der Waals surface area contributed by atoms with E-state index in [0.717, 1.165) is 70.1 Å². The van der Waals surface area contributed by atoms with Gasteiger partial charge in [0.15, 0.2) is 5.96 Å². The molecule has 0 saturated carbocycles. The van der Waals surface area contributed by atoms with Crippen LogP contribution in [0.3, 0.4) is 0 Å². The first-order valence-electron chi connectivity index (χ1n) is 9.09. The number of hydrogen-bond donors (Lipinski definition) is 2. The zero-order chi connectivity index (χ0) is 18.3. The van der Waals surface area contributed by atoms with Gasteiger partial charge in [0, 0.05) is 46.4 Å². The Balaban J connectivity index is 2.26. The van der Waals surface area contributed by atoms with Gasteiger partial charge in [-0.25, -0.2) is 4.39 Å². The van der Waals surface area contributed by atoms with Gasteiger partial charge in [0.1, 0.15) is 5.82 Å². The molecule has 0 aromatic heterocycles. The van der Waals surface area contributed by atoms with Crippen molar-refractivity contribution in [1.29, 1.82) is 0 Å². The maximum Gasteiger partial charge on any atom is 0.191 e. The number of methoxy groups -OCH3 is 1. The van der Waals surface area contributed by atoms with Crippen molar-refractivity contribution in [3.8, 4) is 0 Å². The molecule has 0 radical (unpaired) electrons. The van der Waals surface area contributed by atoms with E-state index in [1.165, 1.54) is 6.07 Å². The number of ether oxygens (including phenoxy) is 1. The third-order valence-corrected chi connectivity index (χ3v) is 3.80. The predicted molar refractivity (Wildman–Crippen MR) is 103 cm³/mol. The number of nitrogens with zero attached hydrogens (tertiary/aromatic N) is 2. The van der Waals surface area contributed by atoms with Crippen LogP contribution in [0.1, 0.15) is 25.3 Å². The number of likely N-dealkylation sites (N-methyl/N-ethyl adjacent to an activating group) is 1. The molecule has 6 heteroatoms. The zero-order valence-electron chi connectivity index (χ0n) is 15.9. The summed E-state index contributed by atoms with van der Waals surface area (Å²) in [5.74, 6) is 0.664. The van der Waals surface area contributed by atoms with Crippen molar-refractivity contribution in [1.82, 2.24) is 15.5 Å². The summed E-state index contributed by atoms with van der Waals surface area (Å²) in [4.78, 5) is 6.86. The largest absolute Gasteiger partial charge is 0.385 e. The molecule has 25 heavy (non-hydrogen) atoms. The molecule has 0 amide bonds. The molecule has 0 bridgehead atoms. The Hall–Kier alpha value is -1.66.